The van der Waals surface area contributed by atoms with Gasteiger partial charge in [-0.3, -0.25) is 0 Å². The topological polar surface area (TPSA) is 35.2 Å². The smallest absolute Gasteiger partial charge is 0.150 e. The Balaban J connectivity index is 2.42. The lowest BCUT2D eigenvalue weighted by Crippen LogP contribution is -1.95. The maximum absolute atomic E-state index is 13.3. The molecule has 0 spiro atoms. The fraction of sp³-hybridized carbons (Fsp3) is 0.0769. The summed E-state index contributed by atoms with van der Waals surface area (Å²) in [7, 11) is 0. The van der Waals surface area contributed by atoms with Gasteiger partial charge in [0.2, 0.25) is 0 Å². The predicted molar refractivity (Wildman–Crippen MR) is 79.8 cm³/mol. The van der Waals surface area contributed by atoms with Crippen molar-refractivity contribution in [3.05, 3.63) is 50.2 Å². The molecule has 2 N–H and O–H groups in total. The fourth-order valence-electron chi connectivity index (χ4n) is 1.46. The summed E-state index contributed by atoms with van der Waals surface area (Å²) in [5, 5.41) is 0.828. The van der Waals surface area contributed by atoms with Gasteiger partial charge in [-0.05, 0) is 40.5 Å². The standard InChI is InChI=1S/C13H9BrCl2FNO/c1-6-2-13(11(18)5-10(6)17)19-12-4-8(15)7(14)3-9(12)16/h2-5H,18H2,1H3. The highest BCUT2D eigenvalue weighted by Crippen LogP contribution is 2.38. The van der Waals surface area contributed by atoms with Crippen molar-refractivity contribution in [2.24, 2.45) is 0 Å². The van der Waals surface area contributed by atoms with Crippen molar-refractivity contribution in [2.45, 2.75) is 6.92 Å². The van der Waals surface area contributed by atoms with Crippen LogP contribution in [-0.2, 0) is 0 Å². The normalized spacial score (nSPS) is 10.6. The molecule has 100 valence electrons. The van der Waals surface area contributed by atoms with Crippen molar-refractivity contribution < 1.29 is 9.13 Å². The van der Waals surface area contributed by atoms with Crippen molar-refractivity contribution in [3.8, 4) is 11.5 Å². The first-order valence-electron chi connectivity index (χ1n) is 5.26. The van der Waals surface area contributed by atoms with E-state index < -0.39 is 0 Å². The van der Waals surface area contributed by atoms with Crippen molar-refractivity contribution >= 4 is 44.8 Å². The molecule has 0 unspecified atom stereocenters. The molecule has 19 heavy (non-hydrogen) atoms. The molecule has 0 fully saturated rings. The first kappa shape index (κ1) is 14.4. The molecule has 0 aliphatic rings. The predicted octanol–water partition coefficient (Wildman–Crippen LogP) is 5.58. The first-order valence-corrected chi connectivity index (χ1v) is 6.81. The number of hydrogen-bond donors (Lipinski definition) is 1. The second-order valence-corrected chi connectivity index (χ2v) is 5.61. The molecule has 0 atom stereocenters. The number of hydrogen-bond acceptors (Lipinski definition) is 2. The van der Waals surface area contributed by atoms with Crippen LogP contribution in [-0.4, -0.2) is 0 Å². The fourth-order valence-corrected chi connectivity index (χ4v) is 2.29. The van der Waals surface area contributed by atoms with E-state index in [0.717, 1.165) is 0 Å². The molecule has 0 saturated heterocycles. The highest BCUT2D eigenvalue weighted by atomic mass is 79.9. The summed E-state index contributed by atoms with van der Waals surface area (Å²) in [4.78, 5) is 0. The van der Waals surface area contributed by atoms with Crippen molar-refractivity contribution in [1.82, 2.24) is 0 Å². The Morgan fingerprint density at radius 3 is 2.47 bits per heavy atom. The molecule has 2 rings (SSSR count). The summed E-state index contributed by atoms with van der Waals surface area (Å²) in [5.41, 5.74) is 6.33. The third kappa shape index (κ3) is 3.14. The molecule has 0 bridgehead atoms. The van der Waals surface area contributed by atoms with Crippen LogP contribution in [0.15, 0.2) is 28.7 Å². The highest BCUT2D eigenvalue weighted by Gasteiger charge is 2.11. The molecule has 6 heteroatoms. The quantitative estimate of drug-likeness (QED) is 0.557. The maximum atomic E-state index is 13.3. The first-order chi connectivity index (χ1) is 8.88. The number of aryl methyl sites for hydroxylation is 1. The Kier molecular flexibility index (Phi) is 4.23. The highest BCUT2D eigenvalue weighted by molar-refractivity contribution is 9.10. The zero-order chi connectivity index (χ0) is 14.2. The molecule has 0 aliphatic heterocycles. The summed E-state index contributed by atoms with van der Waals surface area (Å²) in [6.07, 6.45) is 0. The number of anilines is 1. The lowest BCUT2D eigenvalue weighted by Gasteiger charge is -2.12. The van der Waals surface area contributed by atoms with Gasteiger partial charge in [0.1, 0.15) is 11.6 Å². The van der Waals surface area contributed by atoms with Crippen LogP contribution in [0.25, 0.3) is 0 Å². The number of ether oxygens (including phenoxy) is 1. The van der Waals surface area contributed by atoms with E-state index in [0.29, 0.717) is 31.6 Å². The van der Waals surface area contributed by atoms with Crippen molar-refractivity contribution in [2.75, 3.05) is 5.73 Å². The molecule has 0 aromatic heterocycles. The number of halogens is 4. The van der Waals surface area contributed by atoms with Crippen LogP contribution in [0.1, 0.15) is 5.56 Å². The van der Waals surface area contributed by atoms with Gasteiger partial charge in [0.15, 0.2) is 5.75 Å². The van der Waals surface area contributed by atoms with Crippen LogP contribution in [0, 0.1) is 12.7 Å². The molecule has 0 saturated carbocycles. The molecule has 0 amide bonds. The lowest BCUT2D eigenvalue weighted by molar-refractivity contribution is 0.482. The number of nitrogens with two attached hydrogens (primary N) is 1. The van der Waals surface area contributed by atoms with E-state index in [9.17, 15) is 4.39 Å². The Bertz CT molecular complexity index is 594. The van der Waals surface area contributed by atoms with Crippen LogP contribution in [0.3, 0.4) is 0 Å². The van der Waals surface area contributed by atoms with Crippen LogP contribution < -0.4 is 10.5 Å². The van der Waals surface area contributed by atoms with E-state index in [4.69, 9.17) is 33.7 Å². The molecule has 2 nitrogen and oxygen atoms in total. The van der Waals surface area contributed by atoms with E-state index in [1.165, 1.54) is 12.1 Å². The Labute approximate surface area is 128 Å². The largest absolute Gasteiger partial charge is 0.454 e. The SMILES string of the molecule is Cc1cc(Oc2cc(Cl)c(Br)cc2Cl)c(N)cc1F. The van der Waals surface area contributed by atoms with Gasteiger partial charge in [-0.1, -0.05) is 23.2 Å². The van der Waals surface area contributed by atoms with Crippen molar-refractivity contribution in [1.29, 1.82) is 0 Å². The van der Waals surface area contributed by atoms with E-state index in [1.54, 1.807) is 19.1 Å². The lowest BCUT2D eigenvalue weighted by atomic mass is 10.2. The number of rotatable bonds is 2. The van der Waals surface area contributed by atoms with Crippen molar-refractivity contribution in [3.63, 3.8) is 0 Å². The monoisotopic (exact) mass is 363 g/mol. The summed E-state index contributed by atoms with van der Waals surface area (Å²) in [6, 6.07) is 5.90. The number of nitrogen functional groups attached to an aromatic ring is 1. The molecule has 0 heterocycles. The second kappa shape index (κ2) is 5.57. The minimum Gasteiger partial charge on any atom is -0.454 e. The molecule has 0 aliphatic carbocycles. The van der Waals surface area contributed by atoms with Gasteiger partial charge in [-0.2, -0.15) is 0 Å². The molecule has 2 aromatic rings. The minimum atomic E-state index is -0.384. The molecule has 2 aromatic carbocycles. The van der Waals surface area contributed by atoms with Gasteiger partial charge >= 0.3 is 0 Å². The van der Waals surface area contributed by atoms with E-state index in [1.807, 2.05) is 0 Å². The summed E-state index contributed by atoms with van der Waals surface area (Å²) in [5.74, 6) is 0.302. The van der Waals surface area contributed by atoms with Gasteiger partial charge in [-0.15, -0.1) is 0 Å². The third-order valence-electron chi connectivity index (χ3n) is 2.49. The maximum Gasteiger partial charge on any atom is 0.150 e. The van der Waals surface area contributed by atoms with E-state index in [-0.39, 0.29) is 11.5 Å². The van der Waals surface area contributed by atoms with Gasteiger partial charge in [-0.25, -0.2) is 4.39 Å². The summed E-state index contributed by atoms with van der Waals surface area (Å²) in [6.45, 7) is 1.62. The average molecular weight is 365 g/mol. The van der Waals surface area contributed by atoms with E-state index >= 15 is 0 Å². The third-order valence-corrected chi connectivity index (χ3v) is 3.98. The van der Waals surface area contributed by atoms with Crippen LogP contribution in [0.5, 0.6) is 11.5 Å². The second-order valence-electron chi connectivity index (χ2n) is 3.94. The minimum absolute atomic E-state index is 0.193. The summed E-state index contributed by atoms with van der Waals surface area (Å²) < 4.78 is 19.6. The Hall–Kier alpha value is -0.970. The number of benzene rings is 2. The Morgan fingerprint density at radius 2 is 1.79 bits per heavy atom. The van der Waals surface area contributed by atoms with Crippen LogP contribution in [0.2, 0.25) is 10.0 Å². The molecular weight excluding hydrogens is 356 g/mol. The Morgan fingerprint density at radius 1 is 1.11 bits per heavy atom. The molecular formula is C13H9BrCl2FNO. The average Bonchev–Trinajstić information content (AvgIpc) is 2.32. The van der Waals surface area contributed by atoms with Gasteiger partial charge < -0.3 is 10.5 Å². The van der Waals surface area contributed by atoms with Gasteiger partial charge in [0.05, 0.1) is 15.7 Å². The van der Waals surface area contributed by atoms with E-state index in [2.05, 4.69) is 15.9 Å². The zero-order valence-corrected chi connectivity index (χ0v) is 12.9. The summed E-state index contributed by atoms with van der Waals surface area (Å²) >= 11 is 15.3. The van der Waals surface area contributed by atoms with Gasteiger partial charge in [0.25, 0.3) is 0 Å². The van der Waals surface area contributed by atoms with Crippen LogP contribution in [0.4, 0.5) is 10.1 Å². The molecule has 0 radical (unpaired) electrons. The van der Waals surface area contributed by atoms with Crippen LogP contribution >= 0.6 is 39.1 Å². The van der Waals surface area contributed by atoms with Gasteiger partial charge in [0, 0.05) is 16.6 Å². The zero-order valence-electron chi connectivity index (χ0n) is 9.81.